The van der Waals surface area contributed by atoms with Crippen molar-refractivity contribution in [2.75, 3.05) is 11.5 Å². The molecule has 0 radical (unpaired) electrons. The normalized spacial score (nSPS) is 17.7. The van der Waals surface area contributed by atoms with Gasteiger partial charge in [0.05, 0.1) is 18.4 Å². The van der Waals surface area contributed by atoms with E-state index in [1.54, 1.807) is 61.5 Å². The van der Waals surface area contributed by atoms with E-state index >= 15 is 0 Å². The Hall–Kier alpha value is -3.51. The van der Waals surface area contributed by atoms with Crippen molar-refractivity contribution in [3.8, 4) is 5.75 Å². The molecule has 1 atom stereocenters. The van der Waals surface area contributed by atoms with Crippen molar-refractivity contribution in [2.24, 2.45) is 5.92 Å². The zero-order valence-corrected chi connectivity index (χ0v) is 19.3. The SMILES string of the molecule is Cc1cc(Cl)ccc1N1C(=O)C(=O)/C(=C(\O)c2cccc(OCC(C)C)c2)C1c1ccco1. The third-order valence-electron chi connectivity index (χ3n) is 5.37. The molecule has 0 spiro atoms. The summed E-state index contributed by atoms with van der Waals surface area (Å²) in [4.78, 5) is 27.7. The van der Waals surface area contributed by atoms with Crippen LogP contribution in [0.15, 0.2) is 70.9 Å². The van der Waals surface area contributed by atoms with Crippen molar-refractivity contribution < 1.29 is 23.8 Å². The first-order valence-corrected chi connectivity index (χ1v) is 11.0. The topological polar surface area (TPSA) is 80.0 Å². The highest BCUT2D eigenvalue weighted by atomic mass is 35.5. The van der Waals surface area contributed by atoms with E-state index in [1.165, 1.54) is 11.2 Å². The maximum atomic E-state index is 13.2. The zero-order chi connectivity index (χ0) is 23.7. The van der Waals surface area contributed by atoms with Gasteiger partial charge in [-0.15, -0.1) is 0 Å². The predicted molar refractivity (Wildman–Crippen MR) is 126 cm³/mol. The van der Waals surface area contributed by atoms with Crippen LogP contribution in [0.2, 0.25) is 5.02 Å². The molecule has 170 valence electrons. The third kappa shape index (κ3) is 4.39. The number of hydrogen-bond donors (Lipinski definition) is 1. The van der Waals surface area contributed by atoms with Gasteiger partial charge >= 0.3 is 0 Å². The Morgan fingerprint density at radius 3 is 2.61 bits per heavy atom. The van der Waals surface area contributed by atoms with E-state index in [0.717, 1.165) is 0 Å². The molecule has 3 aromatic rings. The fraction of sp³-hybridized carbons (Fsp3) is 0.231. The number of halogens is 1. The summed E-state index contributed by atoms with van der Waals surface area (Å²) in [6.45, 7) is 6.38. The minimum atomic E-state index is -0.930. The first-order chi connectivity index (χ1) is 15.8. The lowest BCUT2D eigenvalue weighted by molar-refractivity contribution is -0.132. The fourth-order valence-electron chi connectivity index (χ4n) is 3.84. The molecule has 4 rings (SSSR count). The molecule has 1 unspecified atom stereocenters. The van der Waals surface area contributed by atoms with E-state index in [1.807, 2.05) is 13.8 Å². The number of furan rings is 1. The molecule has 1 fully saturated rings. The highest BCUT2D eigenvalue weighted by Gasteiger charge is 2.48. The molecule has 2 aromatic carbocycles. The van der Waals surface area contributed by atoms with E-state index in [4.69, 9.17) is 20.8 Å². The predicted octanol–water partition coefficient (Wildman–Crippen LogP) is 5.90. The number of carbonyl (C=O) groups is 2. The monoisotopic (exact) mass is 465 g/mol. The molecule has 7 heteroatoms. The molecule has 1 amide bonds. The Balaban J connectivity index is 1.85. The summed E-state index contributed by atoms with van der Waals surface area (Å²) in [5, 5.41) is 11.7. The molecule has 0 aliphatic carbocycles. The molecular weight excluding hydrogens is 442 g/mol. The summed E-state index contributed by atoms with van der Waals surface area (Å²) in [7, 11) is 0. The second-order valence-corrected chi connectivity index (χ2v) is 8.78. The molecule has 1 aromatic heterocycles. The largest absolute Gasteiger partial charge is 0.507 e. The minimum Gasteiger partial charge on any atom is -0.507 e. The van der Waals surface area contributed by atoms with Crippen molar-refractivity contribution in [1.82, 2.24) is 0 Å². The van der Waals surface area contributed by atoms with Gasteiger partial charge in [-0.1, -0.05) is 37.6 Å². The molecule has 33 heavy (non-hydrogen) atoms. The number of aliphatic hydroxyl groups excluding tert-OH is 1. The molecule has 0 saturated carbocycles. The van der Waals surface area contributed by atoms with Crippen LogP contribution in [0, 0.1) is 12.8 Å². The van der Waals surface area contributed by atoms with Crippen LogP contribution in [0.25, 0.3) is 5.76 Å². The highest BCUT2D eigenvalue weighted by molar-refractivity contribution is 6.51. The number of carbonyl (C=O) groups excluding carboxylic acids is 2. The average Bonchev–Trinajstić information content (AvgIpc) is 3.40. The van der Waals surface area contributed by atoms with E-state index in [-0.39, 0.29) is 11.3 Å². The van der Waals surface area contributed by atoms with Gasteiger partial charge in [-0.05, 0) is 60.9 Å². The molecule has 1 saturated heterocycles. The van der Waals surface area contributed by atoms with Gasteiger partial charge in [0.15, 0.2) is 0 Å². The summed E-state index contributed by atoms with van der Waals surface area (Å²) in [6, 6.07) is 14.3. The smallest absolute Gasteiger partial charge is 0.300 e. The van der Waals surface area contributed by atoms with Crippen LogP contribution >= 0.6 is 11.6 Å². The molecule has 2 heterocycles. The van der Waals surface area contributed by atoms with E-state index < -0.39 is 17.7 Å². The Morgan fingerprint density at radius 2 is 1.94 bits per heavy atom. The van der Waals surface area contributed by atoms with Crippen LogP contribution in [0.4, 0.5) is 5.69 Å². The molecule has 1 N–H and O–H groups in total. The number of amides is 1. The second kappa shape index (κ2) is 9.16. The summed E-state index contributed by atoms with van der Waals surface area (Å²) >= 11 is 6.09. The number of ketones is 1. The molecular formula is C26H24ClNO5. The summed E-state index contributed by atoms with van der Waals surface area (Å²) in [5.74, 6) is -0.595. The maximum Gasteiger partial charge on any atom is 0.300 e. The number of ether oxygens (including phenoxy) is 1. The fourth-order valence-corrected chi connectivity index (χ4v) is 4.06. The number of rotatable bonds is 6. The number of benzene rings is 2. The van der Waals surface area contributed by atoms with Crippen LogP contribution in [0.5, 0.6) is 5.75 Å². The lowest BCUT2D eigenvalue weighted by Gasteiger charge is -2.25. The van der Waals surface area contributed by atoms with Gasteiger partial charge in [0.25, 0.3) is 11.7 Å². The first-order valence-electron chi connectivity index (χ1n) is 10.6. The molecule has 6 nitrogen and oxygen atoms in total. The summed E-state index contributed by atoms with van der Waals surface area (Å²) in [6.07, 6.45) is 1.46. The lowest BCUT2D eigenvalue weighted by atomic mass is 9.99. The van der Waals surface area contributed by atoms with Crippen molar-refractivity contribution in [1.29, 1.82) is 0 Å². The van der Waals surface area contributed by atoms with E-state index in [0.29, 0.717) is 45.9 Å². The minimum absolute atomic E-state index is 0.0506. The standard InChI is InChI=1S/C26H24ClNO5/c1-15(2)14-33-19-7-4-6-17(13-19)24(29)22-23(21-8-5-11-32-21)28(26(31)25(22)30)20-10-9-18(27)12-16(20)3/h4-13,15,23,29H,14H2,1-3H3/b24-22-. The number of hydrogen-bond acceptors (Lipinski definition) is 5. The van der Waals surface area contributed by atoms with Gasteiger partial charge in [-0.3, -0.25) is 14.5 Å². The van der Waals surface area contributed by atoms with Gasteiger partial charge in [0.2, 0.25) is 0 Å². The van der Waals surface area contributed by atoms with Gasteiger partial charge < -0.3 is 14.3 Å². The molecule has 0 bridgehead atoms. The highest BCUT2D eigenvalue weighted by Crippen LogP contribution is 2.43. The number of Topliss-reactive ketones (excluding diaryl/α,β-unsaturated/α-hetero) is 1. The number of anilines is 1. The first kappa shape index (κ1) is 22.7. The second-order valence-electron chi connectivity index (χ2n) is 8.35. The van der Waals surface area contributed by atoms with E-state index in [2.05, 4.69) is 0 Å². The summed E-state index contributed by atoms with van der Waals surface area (Å²) in [5.41, 5.74) is 1.55. The molecule has 1 aliphatic heterocycles. The van der Waals surface area contributed by atoms with Crippen molar-refractivity contribution in [2.45, 2.75) is 26.8 Å². The quantitative estimate of drug-likeness (QED) is 0.278. The zero-order valence-electron chi connectivity index (χ0n) is 18.5. The number of aryl methyl sites for hydroxylation is 1. The Bertz CT molecular complexity index is 1230. The molecule has 1 aliphatic rings. The van der Waals surface area contributed by atoms with Crippen molar-refractivity contribution >= 4 is 34.7 Å². The van der Waals surface area contributed by atoms with Crippen LogP contribution < -0.4 is 9.64 Å². The Morgan fingerprint density at radius 1 is 1.15 bits per heavy atom. The van der Waals surface area contributed by atoms with Crippen LogP contribution in [-0.2, 0) is 9.59 Å². The van der Waals surface area contributed by atoms with Gasteiger partial charge in [0.1, 0.15) is 23.3 Å². The Labute approximate surface area is 197 Å². The van der Waals surface area contributed by atoms with Gasteiger partial charge in [-0.2, -0.15) is 0 Å². The van der Waals surface area contributed by atoms with Crippen molar-refractivity contribution in [3.05, 3.63) is 88.3 Å². The maximum absolute atomic E-state index is 13.2. The van der Waals surface area contributed by atoms with Crippen LogP contribution in [0.3, 0.4) is 0 Å². The third-order valence-corrected chi connectivity index (χ3v) is 5.60. The Kier molecular flexibility index (Phi) is 6.29. The van der Waals surface area contributed by atoms with Crippen molar-refractivity contribution in [3.63, 3.8) is 0 Å². The van der Waals surface area contributed by atoms with Gasteiger partial charge in [-0.25, -0.2) is 0 Å². The van der Waals surface area contributed by atoms with Crippen LogP contribution in [-0.4, -0.2) is 23.4 Å². The summed E-state index contributed by atoms with van der Waals surface area (Å²) < 4.78 is 11.4. The van der Waals surface area contributed by atoms with E-state index in [9.17, 15) is 14.7 Å². The number of aliphatic hydroxyl groups is 1. The van der Waals surface area contributed by atoms with Gasteiger partial charge in [0, 0.05) is 16.3 Å². The lowest BCUT2D eigenvalue weighted by Crippen LogP contribution is -2.29. The number of nitrogens with zero attached hydrogens (tertiary/aromatic N) is 1. The average molecular weight is 466 g/mol. The van der Waals surface area contributed by atoms with Crippen LogP contribution in [0.1, 0.15) is 36.8 Å².